The number of fused-ring (bicyclic) bond motifs is 1. The molecule has 0 radical (unpaired) electrons. The number of nitrogens with one attached hydrogen (secondary N) is 2. The van der Waals surface area contributed by atoms with E-state index in [9.17, 15) is 5.11 Å². The summed E-state index contributed by atoms with van der Waals surface area (Å²) in [6.45, 7) is 5.12. The molecule has 140 valence electrons. The van der Waals surface area contributed by atoms with Gasteiger partial charge in [-0.15, -0.1) is 35.3 Å². The number of aryl methyl sites for hydroxylation is 1. The molecular weight excluding hydrogens is 465 g/mol. The summed E-state index contributed by atoms with van der Waals surface area (Å²) in [4.78, 5) is 9.46. The predicted molar refractivity (Wildman–Crippen MR) is 114 cm³/mol. The monoisotopic (exact) mass is 487 g/mol. The summed E-state index contributed by atoms with van der Waals surface area (Å²) in [5, 5.41) is 21.7. The first kappa shape index (κ1) is 20.6. The zero-order chi connectivity index (χ0) is 17.6. The SMILES string of the molecule is CCNC(=NCc1noc(C)n1)NCC(O)c1cc2ccccc2s1.I. The number of aliphatic imine (C=N–C) groups is 1. The van der Waals surface area contributed by atoms with Gasteiger partial charge in [0.1, 0.15) is 12.6 Å². The highest BCUT2D eigenvalue weighted by Gasteiger charge is 2.12. The Morgan fingerprint density at radius 3 is 2.85 bits per heavy atom. The van der Waals surface area contributed by atoms with Gasteiger partial charge in [-0.1, -0.05) is 23.4 Å². The molecule has 0 saturated carbocycles. The molecule has 1 aromatic carbocycles. The Labute approximate surface area is 172 Å². The molecule has 3 N–H and O–H groups in total. The highest BCUT2D eigenvalue weighted by atomic mass is 127. The first-order valence-electron chi connectivity index (χ1n) is 8.13. The molecule has 2 heterocycles. The molecule has 0 aliphatic heterocycles. The van der Waals surface area contributed by atoms with Crippen LogP contribution in [0, 0.1) is 6.92 Å². The van der Waals surface area contributed by atoms with Crippen LogP contribution in [-0.4, -0.2) is 34.3 Å². The van der Waals surface area contributed by atoms with Gasteiger partial charge in [-0.05, 0) is 24.4 Å². The van der Waals surface area contributed by atoms with Crippen LogP contribution < -0.4 is 10.6 Å². The van der Waals surface area contributed by atoms with Crippen molar-refractivity contribution in [3.05, 3.63) is 46.9 Å². The number of aliphatic hydroxyl groups is 1. The van der Waals surface area contributed by atoms with Crippen molar-refractivity contribution in [3.8, 4) is 0 Å². The van der Waals surface area contributed by atoms with Crippen LogP contribution in [0.2, 0.25) is 0 Å². The van der Waals surface area contributed by atoms with Crippen LogP contribution in [-0.2, 0) is 6.54 Å². The van der Waals surface area contributed by atoms with Crippen molar-refractivity contribution in [1.29, 1.82) is 0 Å². The van der Waals surface area contributed by atoms with Crippen molar-refractivity contribution in [1.82, 2.24) is 20.8 Å². The quantitative estimate of drug-likeness (QED) is 0.281. The molecule has 1 atom stereocenters. The molecule has 0 amide bonds. The fourth-order valence-electron chi connectivity index (χ4n) is 2.36. The number of aliphatic hydroxyl groups excluding tert-OH is 1. The molecule has 0 bridgehead atoms. The molecule has 3 aromatic rings. The van der Waals surface area contributed by atoms with E-state index in [4.69, 9.17) is 4.52 Å². The van der Waals surface area contributed by atoms with Gasteiger partial charge in [0.15, 0.2) is 11.8 Å². The molecule has 2 aromatic heterocycles. The van der Waals surface area contributed by atoms with Crippen molar-refractivity contribution >= 4 is 51.4 Å². The van der Waals surface area contributed by atoms with E-state index in [0.717, 1.165) is 16.8 Å². The first-order valence-corrected chi connectivity index (χ1v) is 8.95. The minimum absolute atomic E-state index is 0. The Morgan fingerprint density at radius 2 is 2.15 bits per heavy atom. The summed E-state index contributed by atoms with van der Waals surface area (Å²) in [6, 6.07) is 10.1. The number of rotatable bonds is 6. The third kappa shape index (κ3) is 5.39. The zero-order valence-electron chi connectivity index (χ0n) is 14.6. The van der Waals surface area contributed by atoms with Crippen molar-refractivity contribution in [3.63, 3.8) is 0 Å². The Bertz CT molecular complexity index is 831. The summed E-state index contributed by atoms with van der Waals surface area (Å²) in [5.74, 6) is 1.65. The van der Waals surface area contributed by atoms with E-state index in [0.29, 0.717) is 30.8 Å². The molecular formula is C17H22IN5O2S. The van der Waals surface area contributed by atoms with E-state index in [1.807, 2.05) is 31.2 Å². The summed E-state index contributed by atoms with van der Waals surface area (Å²) < 4.78 is 6.10. The van der Waals surface area contributed by atoms with E-state index in [2.05, 4.69) is 31.8 Å². The minimum Gasteiger partial charge on any atom is -0.386 e. The van der Waals surface area contributed by atoms with E-state index in [1.165, 1.54) is 4.70 Å². The summed E-state index contributed by atoms with van der Waals surface area (Å²) in [6.07, 6.45) is -0.603. The lowest BCUT2D eigenvalue weighted by molar-refractivity contribution is 0.184. The topological polar surface area (TPSA) is 95.6 Å². The van der Waals surface area contributed by atoms with Gasteiger partial charge < -0.3 is 20.3 Å². The lowest BCUT2D eigenvalue weighted by Crippen LogP contribution is -2.39. The van der Waals surface area contributed by atoms with Gasteiger partial charge in [-0.3, -0.25) is 0 Å². The number of benzene rings is 1. The van der Waals surface area contributed by atoms with Gasteiger partial charge in [0, 0.05) is 29.6 Å². The van der Waals surface area contributed by atoms with Crippen LogP contribution >= 0.6 is 35.3 Å². The molecule has 7 nitrogen and oxygen atoms in total. The number of nitrogens with zero attached hydrogens (tertiary/aromatic N) is 3. The highest BCUT2D eigenvalue weighted by Crippen LogP contribution is 2.29. The molecule has 9 heteroatoms. The van der Waals surface area contributed by atoms with Gasteiger partial charge in [-0.25, -0.2) is 4.99 Å². The van der Waals surface area contributed by atoms with Crippen LogP contribution in [0.15, 0.2) is 39.8 Å². The van der Waals surface area contributed by atoms with Gasteiger partial charge >= 0.3 is 0 Å². The van der Waals surface area contributed by atoms with E-state index >= 15 is 0 Å². The molecule has 3 rings (SSSR count). The number of halogens is 1. The zero-order valence-corrected chi connectivity index (χ0v) is 17.7. The average Bonchev–Trinajstić information content (AvgIpc) is 3.23. The second kappa shape index (κ2) is 9.83. The van der Waals surface area contributed by atoms with Crippen molar-refractivity contribution < 1.29 is 9.63 Å². The summed E-state index contributed by atoms with van der Waals surface area (Å²) in [7, 11) is 0. The number of guanidine groups is 1. The minimum atomic E-state index is -0.603. The van der Waals surface area contributed by atoms with E-state index < -0.39 is 6.10 Å². The third-order valence-corrected chi connectivity index (χ3v) is 4.75. The molecule has 26 heavy (non-hydrogen) atoms. The molecule has 0 aliphatic rings. The lowest BCUT2D eigenvalue weighted by atomic mass is 10.2. The normalized spacial score (nSPS) is 12.7. The number of hydrogen-bond donors (Lipinski definition) is 3. The van der Waals surface area contributed by atoms with Crippen molar-refractivity contribution in [2.24, 2.45) is 4.99 Å². The maximum atomic E-state index is 10.5. The maximum absolute atomic E-state index is 10.5. The molecule has 0 aliphatic carbocycles. The Hall–Kier alpha value is -1.72. The Kier molecular flexibility index (Phi) is 7.79. The van der Waals surface area contributed by atoms with Gasteiger partial charge in [0.25, 0.3) is 0 Å². The predicted octanol–water partition coefficient (Wildman–Crippen LogP) is 3.00. The Morgan fingerprint density at radius 1 is 1.35 bits per heavy atom. The van der Waals surface area contributed by atoms with Crippen molar-refractivity contribution in [2.75, 3.05) is 13.1 Å². The second-order valence-corrected chi connectivity index (χ2v) is 6.62. The summed E-state index contributed by atoms with van der Waals surface area (Å²) in [5.41, 5.74) is 0. The summed E-state index contributed by atoms with van der Waals surface area (Å²) >= 11 is 1.60. The number of hydrogen-bond acceptors (Lipinski definition) is 6. The largest absolute Gasteiger partial charge is 0.386 e. The fourth-order valence-corrected chi connectivity index (χ4v) is 3.41. The lowest BCUT2D eigenvalue weighted by Gasteiger charge is -2.14. The molecule has 0 saturated heterocycles. The van der Waals surface area contributed by atoms with E-state index in [1.54, 1.807) is 18.3 Å². The van der Waals surface area contributed by atoms with Crippen LogP contribution in [0.5, 0.6) is 0 Å². The van der Waals surface area contributed by atoms with Gasteiger partial charge in [-0.2, -0.15) is 4.98 Å². The van der Waals surface area contributed by atoms with Crippen LogP contribution in [0.1, 0.15) is 29.6 Å². The average molecular weight is 487 g/mol. The fraction of sp³-hybridized carbons (Fsp3) is 0.353. The van der Waals surface area contributed by atoms with Crippen molar-refractivity contribution in [2.45, 2.75) is 26.5 Å². The second-order valence-electron chi connectivity index (χ2n) is 5.51. The number of thiophene rings is 1. The van der Waals surface area contributed by atoms with Crippen LogP contribution in [0.3, 0.4) is 0 Å². The van der Waals surface area contributed by atoms with E-state index in [-0.39, 0.29) is 24.0 Å². The van der Waals surface area contributed by atoms with Crippen LogP contribution in [0.25, 0.3) is 10.1 Å². The maximum Gasteiger partial charge on any atom is 0.223 e. The number of aromatic nitrogens is 2. The highest BCUT2D eigenvalue weighted by molar-refractivity contribution is 14.0. The van der Waals surface area contributed by atoms with Gasteiger partial charge in [0.2, 0.25) is 5.89 Å². The smallest absolute Gasteiger partial charge is 0.223 e. The first-order chi connectivity index (χ1) is 12.2. The van der Waals surface area contributed by atoms with Crippen LogP contribution in [0.4, 0.5) is 0 Å². The third-order valence-electron chi connectivity index (χ3n) is 3.53. The van der Waals surface area contributed by atoms with Gasteiger partial charge in [0.05, 0.1) is 0 Å². The standard InChI is InChI=1S/C17H21N5O2S.HI/c1-3-18-17(20-10-16-21-11(2)24-22-16)19-9-13(23)15-8-12-6-4-5-7-14(12)25-15;/h4-8,13,23H,3,9-10H2,1-2H3,(H2,18,19,20);1H. The Balaban J connectivity index is 0.00000243. The molecule has 1 unspecified atom stereocenters. The molecule has 0 fully saturated rings. The molecule has 0 spiro atoms.